The Labute approximate surface area is 296 Å². The van der Waals surface area contributed by atoms with E-state index in [-0.39, 0.29) is 0 Å². The number of likely N-dealkylation sites (N-methyl/N-ethyl adjacent to an activating group) is 1. The minimum atomic E-state index is -0.548. The Morgan fingerprint density at radius 2 is 0.826 bits per heavy atom. The summed E-state index contributed by atoms with van der Waals surface area (Å²) in [5.41, 5.74) is 0. The van der Waals surface area contributed by atoms with Crippen LogP contribution in [0.1, 0.15) is 142 Å². The number of ether oxygens (including phenoxy) is 2. The maximum atomic E-state index is 10.6. The lowest BCUT2D eigenvalue weighted by atomic mass is 10.1. The van der Waals surface area contributed by atoms with Gasteiger partial charge in [-0.2, -0.15) is 23.5 Å². The molecule has 0 fully saturated rings. The Morgan fingerprint density at radius 1 is 0.478 bits per heavy atom. The van der Waals surface area contributed by atoms with Crippen molar-refractivity contribution in [2.24, 2.45) is 0 Å². The highest BCUT2D eigenvalue weighted by molar-refractivity contribution is 7.99. The van der Waals surface area contributed by atoms with Gasteiger partial charge in [-0.05, 0) is 62.8 Å². The van der Waals surface area contributed by atoms with Crippen molar-refractivity contribution in [1.82, 2.24) is 9.80 Å². The molecule has 0 aromatic rings. The number of unbranched alkanes of at least 4 members (excludes halogenated alkanes) is 16. The molecule has 8 heteroatoms. The quantitative estimate of drug-likeness (QED) is 0.0620. The summed E-state index contributed by atoms with van der Waals surface area (Å²) in [6.45, 7) is 9.36. The lowest BCUT2D eigenvalue weighted by molar-refractivity contribution is -0.0107. The molecule has 0 aromatic carbocycles. The van der Waals surface area contributed by atoms with E-state index in [2.05, 4.69) is 37.7 Å². The van der Waals surface area contributed by atoms with Crippen LogP contribution in [0.15, 0.2) is 0 Å². The van der Waals surface area contributed by atoms with Gasteiger partial charge >= 0.3 is 0 Å². The van der Waals surface area contributed by atoms with Gasteiger partial charge in [0.25, 0.3) is 0 Å². The summed E-state index contributed by atoms with van der Waals surface area (Å²) in [5, 5.41) is 21.2. The molecule has 0 rings (SSSR count). The molecule has 0 bridgehead atoms. The van der Waals surface area contributed by atoms with Crippen LogP contribution >= 0.6 is 23.5 Å². The second kappa shape index (κ2) is 38.3. The van der Waals surface area contributed by atoms with Crippen molar-refractivity contribution >= 4 is 23.5 Å². The van der Waals surface area contributed by atoms with Crippen LogP contribution in [0.2, 0.25) is 0 Å². The van der Waals surface area contributed by atoms with Gasteiger partial charge < -0.3 is 24.6 Å². The molecule has 278 valence electrons. The van der Waals surface area contributed by atoms with Crippen LogP contribution < -0.4 is 0 Å². The van der Waals surface area contributed by atoms with E-state index in [1.54, 1.807) is 0 Å². The SMILES string of the molecule is CCCCCCCCCCCSCCCOCC(O)CN(CCN(C)C)CC(O)COCCCSCCCCCCCCCCC. The first-order valence-electron chi connectivity index (χ1n) is 19.5. The third kappa shape index (κ3) is 37.3. The number of hydrogen-bond acceptors (Lipinski definition) is 8. The van der Waals surface area contributed by atoms with Gasteiger partial charge in [0.05, 0.1) is 25.4 Å². The zero-order valence-corrected chi connectivity index (χ0v) is 32.8. The molecule has 0 aliphatic heterocycles. The summed E-state index contributed by atoms with van der Waals surface area (Å²) in [4.78, 5) is 4.28. The summed E-state index contributed by atoms with van der Waals surface area (Å²) in [6, 6.07) is 0. The van der Waals surface area contributed by atoms with Crippen LogP contribution in [0, 0.1) is 0 Å². The molecule has 0 saturated heterocycles. The number of nitrogens with zero attached hydrogens (tertiary/aromatic N) is 2. The Morgan fingerprint density at radius 3 is 1.20 bits per heavy atom. The monoisotopic (exact) mass is 693 g/mol. The van der Waals surface area contributed by atoms with Crippen LogP contribution in [0.25, 0.3) is 0 Å². The number of aliphatic hydroxyl groups is 2. The highest BCUT2D eigenvalue weighted by Crippen LogP contribution is 2.14. The van der Waals surface area contributed by atoms with E-state index in [1.165, 1.54) is 127 Å². The van der Waals surface area contributed by atoms with E-state index in [0.717, 1.165) is 37.4 Å². The van der Waals surface area contributed by atoms with Crippen molar-refractivity contribution in [3.05, 3.63) is 0 Å². The van der Waals surface area contributed by atoms with Gasteiger partial charge in [-0.3, -0.25) is 4.90 Å². The minimum absolute atomic E-state index is 0.352. The lowest BCUT2D eigenvalue weighted by Gasteiger charge is -2.28. The fourth-order valence-electron chi connectivity index (χ4n) is 5.50. The van der Waals surface area contributed by atoms with Crippen molar-refractivity contribution < 1.29 is 19.7 Å². The number of hydrogen-bond donors (Lipinski definition) is 2. The molecule has 46 heavy (non-hydrogen) atoms. The zero-order chi connectivity index (χ0) is 33.8. The zero-order valence-electron chi connectivity index (χ0n) is 31.2. The molecule has 2 N–H and O–H groups in total. The normalized spacial score (nSPS) is 13.3. The third-order valence-corrected chi connectivity index (χ3v) is 10.7. The minimum Gasteiger partial charge on any atom is -0.389 e. The van der Waals surface area contributed by atoms with Gasteiger partial charge in [0.1, 0.15) is 0 Å². The summed E-state index contributed by atoms with van der Waals surface area (Å²) in [6.07, 6.45) is 25.9. The number of rotatable bonds is 39. The Balaban J connectivity index is 3.78. The largest absolute Gasteiger partial charge is 0.389 e. The summed E-state index contributed by atoms with van der Waals surface area (Å²) in [5.74, 6) is 4.77. The number of thioether (sulfide) groups is 2. The van der Waals surface area contributed by atoms with E-state index in [4.69, 9.17) is 9.47 Å². The molecular weight excluding hydrogens is 613 g/mol. The first-order chi connectivity index (χ1) is 22.5. The van der Waals surface area contributed by atoms with Crippen LogP contribution in [0.3, 0.4) is 0 Å². The van der Waals surface area contributed by atoms with Gasteiger partial charge in [0.2, 0.25) is 0 Å². The van der Waals surface area contributed by atoms with Crippen molar-refractivity contribution in [1.29, 1.82) is 0 Å². The van der Waals surface area contributed by atoms with Gasteiger partial charge in [-0.15, -0.1) is 0 Å². The Kier molecular flexibility index (Phi) is 38.6. The summed E-state index contributed by atoms with van der Waals surface area (Å²) >= 11 is 4.07. The lowest BCUT2D eigenvalue weighted by Crippen LogP contribution is -2.43. The van der Waals surface area contributed by atoms with Crippen molar-refractivity contribution in [2.45, 2.75) is 154 Å². The van der Waals surface area contributed by atoms with E-state index in [0.29, 0.717) is 39.5 Å². The van der Waals surface area contributed by atoms with Crippen LogP contribution in [0.5, 0.6) is 0 Å². The van der Waals surface area contributed by atoms with Crippen molar-refractivity contribution in [3.8, 4) is 0 Å². The van der Waals surface area contributed by atoms with Gasteiger partial charge in [0.15, 0.2) is 0 Å². The molecule has 6 nitrogen and oxygen atoms in total. The molecule has 2 atom stereocenters. The standard InChI is InChI=1S/C38H80N2O4S2/c1-5-7-9-11-13-15-17-19-21-29-45-31-23-27-43-35-37(41)33-40(26-25-39(3)4)34-38(42)36-44-28-24-32-46-30-22-20-18-16-14-12-10-8-6-2/h37-38,41-42H,5-36H2,1-4H3. The number of aliphatic hydroxyl groups excluding tert-OH is 2. The van der Waals surface area contributed by atoms with E-state index in [9.17, 15) is 10.2 Å². The summed E-state index contributed by atoms with van der Waals surface area (Å²) in [7, 11) is 4.11. The van der Waals surface area contributed by atoms with Gasteiger partial charge in [-0.1, -0.05) is 117 Å². The third-order valence-electron chi connectivity index (χ3n) is 8.36. The molecule has 0 aliphatic carbocycles. The summed E-state index contributed by atoms with van der Waals surface area (Å²) < 4.78 is 11.6. The Hall–Kier alpha value is 0.460. The van der Waals surface area contributed by atoms with E-state index < -0.39 is 12.2 Å². The second-order valence-electron chi connectivity index (χ2n) is 13.6. The van der Waals surface area contributed by atoms with Gasteiger partial charge in [0, 0.05) is 39.4 Å². The molecule has 2 unspecified atom stereocenters. The maximum Gasteiger partial charge on any atom is 0.0900 e. The fraction of sp³-hybridized carbons (Fsp3) is 1.00. The van der Waals surface area contributed by atoms with E-state index >= 15 is 0 Å². The average Bonchev–Trinajstić information content (AvgIpc) is 3.03. The molecule has 0 amide bonds. The van der Waals surface area contributed by atoms with Crippen molar-refractivity contribution in [2.75, 3.05) is 89.7 Å². The second-order valence-corrected chi connectivity index (χ2v) is 16.1. The topological polar surface area (TPSA) is 65.4 Å². The molecule has 0 spiro atoms. The Bertz CT molecular complexity index is 535. The van der Waals surface area contributed by atoms with Crippen LogP contribution in [-0.4, -0.2) is 122 Å². The van der Waals surface area contributed by atoms with E-state index in [1.807, 2.05) is 23.5 Å². The molecule has 0 radical (unpaired) electrons. The predicted molar refractivity (Wildman–Crippen MR) is 207 cm³/mol. The fourth-order valence-corrected chi connectivity index (χ4v) is 7.37. The molecule has 0 aromatic heterocycles. The molecule has 0 saturated carbocycles. The smallest absolute Gasteiger partial charge is 0.0900 e. The van der Waals surface area contributed by atoms with Gasteiger partial charge in [-0.25, -0.2) is 0 Å². The first-order valence-corrected chi connectivity index (χ1v) is 21.8. The molecular formula is C38H80N2O4S2. The van der Waals surface area contributed by atoms with Crippen molar-refractivity contribution in [3.63, 3.8) is 0 Å². The highest BCUT2D eigenvalue weighted by Gasteiger charge is 2.16. The molecule has 0 aliphatic rings. The van der Waals surface area contributed by atoms with Crippen LogP contribution in [0.4, 0.5) is 0 Å². The maximum absolute atomic E-state index is 10.6. The average molecular weight is 693 g/mol. The first kappa shape index (κ1) is 46.5. The predicted octanol–water partition coefficient (Wildman–Crippen LogP) is 8.91. The molecule has 0 heterocycles. The highest BCUT2D eigenvalue weighted by atomic mass is 32.2. The van der Waals surface area contributed by atoms with Crippen LogP contribution in [-0.2, 0) is 9.47 Å².